The zero-order valence-corrected chi connectivity index (χ0v) is 16.7. The van der Waals surface area contributed by atoms with Gasteiger partial charge in [-0.1, -0.05) is 6.07 Å². The molecule has 1 aliphatic heterocycles. The maximum absolute atomic E-state index is 12.8. The molecular weight excluding hydrogens is 356 g/mol. The predicted octanol–water partition coefficient (Wildman–Crippen LogP) is 3.32. The maximum Gasteiger partial charge on any atom is 0.303 e. The predicted molar refractivity (Wildman–Crippen MR) is 108 cm³/mol. The number of hydrogen-bond donors (Lipinski definition) is 3. The largest absolute Gasteiger partial charge is 0.496 e. The monoisotopic (exact) mass is 388 g/mol. The fraction of sp³-hybridized carbons (Fsp3) is 0.636. The van der Waals surface area contributed by atoms with Crippen molar-refractivity contribution < 1.29 is 19.4 Å². The van der Waals surface area contributed by atoms with E-state index in [1.54, 1.807) is 7.11 Å². The molecule has 154 valence electrons. The number of aliphatic carboxylic acids is 1. The number of hydrogen-bond acceptors (Lipinski definition) is 4. The molecule has 1 aromatic carbocycles. The van der Waals surface area contributed by atoms with E-state index in [1.807, 2.05) is 12.1 Å². The van der Waals surface area contributed by atoms with E-state index < -0.39 is 5.97 Å². The van der Waals surface area contributed by atoms with E-state index in [-0.39, 0.29) is 18.4 Å². The van der Waals surface area contributed by atoms with Crippen molar-refractivity contribution in [3.05, 3.63) is 29.3 Å². The summed E-state index contributed by atoms with van der Waals surface area (Å²) in [5, 5.41) is 15.4. The van der Waals surface area contributed by atoms with Gasteiger partial charge >= 0.3 is 5.97 Å². The fourth-order valence-corrected chi connectivity index (χ4v) is 4.49. The highest BCUT2D eigenvalue weighted by Crippen LogP contribution is 2.31. The molecule has 0 atom stereocenters. The molecule has 0 bridgehead atoms. The third-order valence-corrected chi connectivity index (χ3v) is 6.23. The summed E-state index contributed by atoms with van der Waals surface area (Å²) in [4.78, 5) is 23.5. The highest BCUT2D eigenvalue weighted by Gasteiger charge is 2.25. The van der Waals surface area contributed by atoms with Gasteiger partial charge < -0.3 is 20.5 Å². The van der Waals surface area contributed by atoms with Crippen LogP contribution in [0.4, 0.5) is 0 Å². The molecule has 6 heteroatoms. The lowest BCUT2D eigenvalue weighted by Crippen LogP contribution is -2.37. The molecule has 28 heavy (non-hydrogen) atoms. The fourth-order valence-electron chi connectivity index (χ4n) is 4.49. The van der Waals surface area contributed by atoms with E-state index in [4.69, 9.17) is 9.84 Å². The van der Waals surface area contributed by atoms with Crippen molar-refractivity contribution in [2.45, 2.75) is 63.3 Å². The number of benzene rings is 1. The molecule has 0 spiro atoms. The molecule has 0 aromatic heterocycles. The third kappa shape index (κ3) is 5.47. The van der Waals surface area contributed by atoms with Crippen LogP contribution < -0.4 is 15.4 Å². The van der Waals surface area contributed by atoms with E-state index >= 15 is 0 Å². The van der Waals surface area contributed by atoms with Crippen LogP contribution in [0.25, 0.3) is 0 Å². The molecule has 2 fully saturated rings. The van der Waals surface area contributed by atoms with Crippen molar-refractivity contribution in [1.29, 1.82) is 0 Å². The number of carbonyl (C=O) groups is 2. The summed E-state index contributed by atoms with van der Waals surface area (Å²) in [6.45, 7) is 2.06. The number of carboxylic acids is 1. The van der Waals surface area contributed by atoms with E-state index in [0.29, 0.717) is 23.1 Å². The average molecular weight is 389 g/mol. The van der Waals surface area contributed by atoms with Crippen LogP contribution in [0.1, 0.15) is 73.2 Å². The van der Waals surface area contributed by atoms with Crippen molar-refractivity contribution in [3.8, 4) is 5.75 Å². The number of amides is 1. The average Bonchev–Trinajstić information content (AvgIpc) is 2.73. The van der Waals surface area contributed by atoms with Gasteiger partial charge in [0.2, 0.25) is 0 Å². The van der Waals surface area contributed by atoms with E-state index in [1.165, 1.54) is 5.56 Å². The van der Waals surface area contributed by atoms with E-state index in [9.17, 15) is 9.59 Å². The number of ether oxygens (including phenoxy) is 1. The summed E-state index contributed by atoms with van der Waals surface area (Å²) >= 11 is 0. The summed E-state index contributed by atoms with van der Waals surface area (Å²) in [5.74, 6) is 0.818. The molecule has 6 nitrogen and oxygen atoms in total. The quantitative estimate of drug-likeness (QED) is 0.667. The van der Waals surface area contributed by atoms with Crippen LogP contribution in [0.2, 0.25) is 0 Å². The Hall–Kier alpha value is -2.08. The normalized spacial score (nSPS) is 23.2. The molecule has 1 saturated carbocycles. The van der Waals surface area contributed by atoms with E-state index in [0.717, 1.165) is 58.0 Å². The van der Waals surface area contributed by atoms with Crippen molar-refractivity contribution in [3.63, 3.8) is 0 Å². The third-order valence-electron chi connectivity index (χ3n) is 6.23. The van der Waals surface area contributed by atoms with Crippen molar-refractivity contribution in [2.75, 3.05) is 20.2 Å². The van der Waals surface area contributed by atoms with Gasteiger partial charge in [0.05, 0.1) is 12.7 Å². The molecule has 1 amide bonds. The summed E-state index contributed by atoms with van der Waals surface area (Å²) in [6, 6.07) is 6.14. The molecule has 1 aromatic rings. The van der Waals surface area contributed by atoms with Gasteiger partial charge in [-0.05, 0) is 87.6 Å². The van der Waals surface area contributed by atoms with Gasteiger partial charge in [-0.15, -0.1) is 0 Å². The van der Waals surface area contributed by atoms with Crippen LogP contribution in [-0.4, -0.2) is 43.2 Å². The van der Waals surface area contributed by atoms with Crippen LogP contribution in [-0.2, 0) is 4.79 Å². The lowest BCUT2D eigenvalue weighted by molar-refractivity contribution is -0.137. The standard InChI is InChI=1S/C22H32N2O4/c1-28-20-14-17(16-10-12-23-13-11-16)5-8-19(20)22(27)24-18-6-2-15(3-7-18)4-9-21(25)26/h5,8,14-16,18,23H,2-4,6-7,9-13H2,1H3,(H,24,27)(H,25,26). The van der Waals surface area contributed by atoms with Gasteiger partial charge in [-0.2, -0.15) is 0 Å². The van der Waals surface area contributed by atoms with Crippen molar-refractivity contribution >= 4 is 11.9 Å². The summed E-state index contributed by atoms with van der Waals surface area (Å²) in [7, 11) is 1.62. The Morgan fingerprint density at radius 1 is 1.14 bits per heavy atom. The molecule has 0 radical (unpaired) electrons. The first-order chi connectivity index (χ1) is 13.6. The van der Waals surface area contributed by atoms with Crippen LogP contribution in [0.15, 0.2) is 18.2 Å². The Morgan fingerprint density at radius 2 is 1.86 bits per heavy atom. The maximum atomic E-state index is 12.8. The lowest BCUT2D eigenvalue weighted by Gasteiger charge is -2.29. The van der Waals surface area contributed by atoms with Gasteiger partial charge in [0.15, 0.2) is 0 Å². The van der Waals surface area contributed by atoms with Crippen LogP contribution in [0.3, 0.4) is 0 Å². The van der Waals surface area contributed by atoms with Gasteiger partial charge in [0.1, 0.15) is 5.75 Å². The highest BCUT2D eigenvalue weighted by atomic mass is 16.5. The number of piperidine rings is 1. The smallest absolute Gasteiger partial charge is 0.303 e. The molecule has 1 saturated heterocycles. The molecule has 2 aliphatic rings. The van der Waals surface area contributed by atoms with Gasteiger partial charge in [0.25, 0.3) is 5.91 Å². The topological polar surface area (TPSA) is 87.7 Å². The minimum Gasteiger partial charge on any atom is -0.496 e. The van der Waals surface area contributed by atoms with Crippen LogP contribution in [0.5, 0.6) is 5.75 Å². The Labute approximate surface area is 167 Å². The minimum atomic E-state index is -0.726. The van der Waals surface area contributed by atoms with Crippen LogP contribution in [0, 0.1) is 5.92 Å². The second kappa shape index (κ2) is 9.92. The zero-order chi connectivity index (χ0) is 19.9. The second-order valence-corrected chi connectivity index (χ2v) is 8.11. The first-order valence-electron chi connectivity index (χ1n) is 10.5. The molecule has 1 heterocycles. The number of carboxylic acid groups (broad SMARTS) is 1. The molecule has 1 aliphatic carbocycles. The summed E-state index contributed by atoms with van der Waals surface area (Å²) in [5.41, 5.74) is 1.84. The Morgan fingerprint density at radius 3 is 2.50 bits per heavy atom. The van der Waals surface area contributed by atoms with Crippen molar-refractivity contribution in [1.82, 2.24) is 10.6 Å². The second-order valence-electron chi connectivity index (χ2n) is 8.11. The first-order valence-corrected chi connectivity index (χ1v) is 10.5. The minimum absolute atomic E-state index is 0.0808. The van der Waals surface area contributed by atoms with Crippen LogP contribution >= 0.6 is 0 Å². The van der Waals surface area contributed by atoms with Gasteiger partial charge in [0, 0.05) is 12.5 Å². The Bertz CT molecular complexity index is 677. The molecule has 3 rings (SSSR count). The summed E-state index contributed by atoms with van der Waals surface area (Å²) < 4.78 is 5.53. The number of carbonyl (C=O) groups excluding carboxylic acids is 1. The Balaban J connectivity index is 1.56. The lowest BCUT2D eigenvalue weighted by atomic mass is 9.83. The molecular formula is C22H32N2O4. The SMILES string of the molecule is COc1cc(C2CCNCC2)ccc1C(=O)NC1CCC(CCC(=O)O)CC1. The first kappa shape index (κ1) is 20.6. The number of methoxy groups -OCH3 is 1. The molecule has 0 unspecified atom stereocenters. The van der Waals surface area contributed by atoms with Crippen molar-refractivity contribution in [2.24, 2.45) is 5.92 Å². The van der Waals surface area contributed by atoms with Gasteiger partial charge in [-0.3, -0.25) is 9.59 Å². The number of nitrogens with one attached hydrogen (secondary N) is 2. The summed E-state index contributed by atoms with van der Waals surface area (Å²) in [6.07, 6.45) is 6.97. The van der Waals surface area contributed by atoms with E-state index in [2.05, 4.69) is 16.7 Å². The van der Waals surface area contributed by atoms with Gasteiger partial charge in [-0.25, -0.2) is 0 Å². The Kier molecular flexibility index (Phi) is 7.31. The zero-order valence-electron chi connectivity index (χ0n) is 16.7. The number of rotatable bonds is 7. The molecule has 3 N–H and O–H groups in total. The highest BCUT2D eigenvalue weighted by molar-refractivity contribution is 5.97.